The van der Waals surface area contributed by atoms with Crippen LogP contribution in [-0.2, 0) is 4.74 Å². The summed E-state index contributed by atoms with van der Waals surface area (Å²) in [5.74, 6) is 1.86. The van der Waals surface area contributed by atoms with Gasteiger partial charge in [-0.2, -0.15) is 0 Å². The molecule has 0 heterocycles. The first kappa shape index (κ1) is 16.7. The molecule has 114 valence electrons. The van der Waals surface area contributed by atoms with Crippen molar-refractivity contribution in [2.45, 2.75) is 34.0 Å². The zero-order chi connectivity index (χ0) is 15.5. The van der Waals surface area contributed by atoms with E-state index in [9.17, 15) is 0 Å². The first-order valence-electron chi connectivity index (χ1n) is 6.83. The van der Waals surface area contributed by atoms with Crippen molar-refractivity contribution in [1.82, 2.24) is 0 Å². The van der Waals surface area contributed by atoms with Crippen LogP contribution in [-0.4, -0.2) is 6.29 Å². The molecular weight excluding hydrogens is 268 g/mol. The standard InChI is InChI=1S/C17H22O4/c1-5-8-18-14(4)21-17-12-15(19-9-6-2)11-16(13-17)20-10-7-3/h5-14H,1-4H3. The van der Waals surface area contributed by atoms with Gasteiger partial charge in [0.25, 0.3) is 0 Å². The Balaban J connectivity index is 2.88. The van der Waals surface area contributed by atoms with E-state index < -0.39 is 6.29 Å². The van der Waals surface area contributed by atoms with Crippen molar-refractivity contribution in [3.05, 3.63) is 55.2 Å². The predicted molar refractivity (Wildman–Crippen MR) is 83.3 cm³/mol. The third-order valence-corrected chi connectivity index (χ3v) is 2.24. The van der Waals surface area contributed by atoms with Crippen LogP contribution in [0.25, 0.3) is 0 Å². The van der Waals surface area contributed by atoms with Gasteiger partial charge in [-0.15, -0.1) is 0 Å². The summed E-state index contributed by atoms with van der Waals surface area (Å²) < 4.78 is 21.9. The summed E-state index contributed by atoms with van der Waals surface area (Å²) in [7, 11) is 0. The van der Waals surface area contributed by atoms with Crippen molar-refractivity contribution in [3.8, 4) is 17.2 Å². The average molecular weight is 290 g/mol. The van der Waals surface area contributed by atoms with E-state index in [1.54, 1.807) is 55.2 Å². The minimum absolute atomic E-state index is 0.410. The first-order valence-corrected chi connectivity index (χ1v) is 6.83. The highest BCUT2D eigenvalue weighted by molar-refractivity contribution is 5.42. The predicted octanol–water partition coefficient (Wildman–Crippen LogP) is 4.79. The van der Waals surface area contributed by atoms with Gasteiger partial charge in [-0.1, -0.05) is 18.2 Å². The molecular formula is C17H22O4. The fraction of sp³-hybridized carbons (Fsp3) is 0.294. The Labute approximate surface area is 126 Å². The van der Waals surface area contributed by atoms with Crippen molar-refractivity contribution in [1.29, 1.82) is 0 Å². The monoisotopic (exact) mass is 290 g/mol. The summed E-state index contributed by atoms with van der Waals surface area (Å²) in [5, 5.41) is 0. The molecule has 0 bridgehead atoms. The average Bonchev–Trinajstić information content (AvgIpc) is 2.48. The molecule has 1 unspecified atom stereocenters. The van der Waals surface area contributed by atoms with E-state index in [-0.39, 0.29) is 0 Å². The number of hydrogen-bond acceptors (Lipinski definition) is 4. The van der Waals surface area contributed by atoms with Crippen LogP contribution in [0, 0.1) is 0 Å². The van der Waals surface area contributed by atoms with E-state index >= 15 is 0 Å². The van der Waals surface area contributed by atoms with E-state index in [1.165, 1.54) is 0 Å². The summed E-state index contributed by atoms with van der Waals surface area (Å²) in [6.45, 7) is 7.45. The number of allylic oxidation sites excluding steroid dienone is 3. The van der Waals surface area contributed by atoms with Crippen LogP contribution in [0.5, 0.6) is 17.2 Å². The van der Waals surface area contributed by atoms with Crippen LogP contribution >= 0.6 is 0 Å². The number of hydrogen-bond donors (Lipinski definition) is 0. The summed E-state index contributed by atoms with van der Waals surface area (Å²) in [5.41, 5.74) is 0. The van der Waals surface area contributed by atoms with Crippen molar-refractivity contribution >= 4 is 0 Å². The number of ether oxygens (including phenoxy) is 4. The van der Waals surface area contributed by atoms with Crippen LogP contribution in [0.15, 0.2) is 55.2 Å². The summed E-state index contributed by atoms with van der Waals surface area (Å²) in [4.78, 5) is 0. The zero-order valence-corrected chi connectivity index (χ0v) is 12.9. The maximum absolute atomic E-state index is 5.68. The Morgan fingerprint density at radius 1 is 0.762 bits per heavy atom. The molecule has 1 aromatic carbocycles. The molecule has 0 aromatic heterocycles. The molecule has 0 amide bonds. The quantitative estimate of drug-likeness (QED) is 0.509. The summed E-state index contributed by atoms with van der Waals surface area (Å²) in [6.07, 6.45) is 9.77. The Bertz CT molecular complexity index is 471. The van der Waals surface area contributed by atoms with Gasteiger partial charge < -0.3 is 18.9 Å². The highest BCUT2D eigenvalue weighted by Gasteiger charge is 2.07. The second kappa shape index (κ2) is 9.53. The highest BCUT2D eigenvalue weighted by Crippen LogP contribution is 2.29. The highest BCUT2D eigenvalue weighted by atomic mass is 16.7. The maximum Gasteiger partial charge on any atom is 0.237 e. The van der Waals surface area contributed by atoms with Gasteiger partial charge in [0, 0.05) is 25.1 Å². The van der Waals surface area contributed by atoms with E-state index in [0.29, 0.717) is 17.2 Å². The smallest absolute Gasteiger partial charge is 0.237 e. The third-order valence-electron chi connectivity index (χ3n) is 2.24. The molecule has 0 saturated heterocycles. The lowest BCUT2D eigenvalue weighted by Gasteiger charge is -2.15. The van der Waals surface area contributed by atoms with Crippen molar-refractivity contribution in [2.75, 3.05) is 0 Å². The Morgan fingerprint density at radius 2 is 1.24 bits per heavy atom. The molecule has 0 radical (unpaired) electrons. The van der Waals surface area contributed by atoms with Gasteiger partial charge in [-0.3, -0.25) is 0 Å². The molecule has 1 rings (SSSR count). The van der Waals surface area contributed by atoms with Gasteiger partial charge in [0.1, 0.15) is 17.2 Å². The minimum Gasteiger partial charge on any atom is -0.465 e. The van der Waals surface area contributed by atoms with Crippen LogP contribution in [0.1, 0.15) is 27.7 Å². The van der Waals surface area contributed by atoms with Crippen LogP contribution < -0.4 is 14.2 Å². The van der Waals surface area contributed by atoms with E-state index in [2.05, 4.69) is 0 Å². The fourth-order valence-electron chi connectivity index (χ4n) is 1.45. The van der Waals surface area contributed by atoms with Crippen molar-refractivity contribution < 1.29 is 18.9 Å². The molecule has 0 saturated carbocycles. The lowest BCUT2D eigenvalue weighted by Crippen LogP contribution is -2.13. The molecule has 4 heteroatoms. The summed E-state index contributed by atoms with van der Waals surface area (Å²) >= 11 is 0. The fourth-order valence-corrected chi connectivity index (χ4v) is 1.45. The van der Waals surface area contributed by atoms with Gasteiger partial charge in [-0.25, -0.2) is 0 Å². The third kappa shape index (κ3) is 6.56. The lowest BCUT2D eigenvalue weighted by atomic mass is 10.3. The number of rotatable bonds is 8. The Kier molecular flexibility index (Phi) is 7.58. The van der Waals surface area contributed by atoms with Crippen molar-refractivity contribution in [2.24, 2.45) is 0 Å². The van der Waals surface area contributed by atoms with Crippen LogP contribution in [0.4, 0.5) is 0 Å². The largest absolute Gasteiger partial charge is 0.465 e. The Morgan fingerprint density at radius 3 is 1.71 bits per heavy atom. The van der Waals surface area contributed by atoms with Gasteiger partial charge in [0.05, 0.1) is 18.8 Å². The van der Waals surface area contributed by atoms with E-state index in [4.69, 9.17) is 18.9 Å². The molecule has 0 aliphatic rings. The van der Waals surface area contributed by atoms with Gasteiger partial charge in [-0.05, 0) is 20.8 Å². The second-order valence-corrected chi connectivity index (χ2v) is 4.11. The molecule has 0 spiro atoms. The molecule has 0 fully saturated rings. The van der Waals surface area contributed by atoms with E-state index in [1.807, 2.05) is 27.7 Å². The molecule has 21 heavy (non-hydrogen) atoms. The molecule has 1 aromatic rings. The minimum atomic E-state index is -0.410. The van der Waals surface area contributed by atoms with E-state index in [0.717, 1.165) is 0 Å². The number of benzene rings is 1. The molecule has 1 atom stereocenters. The normalized spacial score (nSPS) is 13.0. The molecule has 0 N–H and O–H groups in total. The second-order valence-electron chi connectivity index (χ2n) is 4.11. The van der Waals surface area contributed by atoms with Gasteiger partial charge >= 0.3 is 0 Å². The summed E-state index contributed by atoms with van der Waals surface area (Å²) in [6, 6.07) is 5.33. The molecule has 0 aliphatic carbocycles. The zero-order valence-electron chi connectivity index (χ0n) is 12.9. The van der Waals surface area contributed by atoms with Crippen molar-refractivity contribution in [3.63, 3.8) is 0 Å². The molecule has 4 nitrogen and oxygen atoms in total. The Hall–Kier alpha value is -2.36. The first-order chi connectivity index (χ1) is 10.2. The van der Waals surface area contributed by atoms with Crippen LogP contribution in [0.3, 0.4) is 0 Å². The maximum atomic E-state index is 5.68. The molecule has 0 aliphatic heterocycles. The lowest BCUT2D eigenvalue weighted by molar-refractivity contribution is -0.0139. The topological polar surface area (TPSA) is 36.9 Å². The van der Waals surface area contributed by atoms with Gasteiger partial charge in [0.2, 0.25) is 6.29 Å². The van der Waals surface area contributed by atoms with Crippen LogP contribution in [0.2, 0.25) is 0 Å². The van der Waals surface area contributed by atoms with Gasteiger partial charge in [0.15, 0.2) is 0 Å². The SMILES string of the molecule is CC=COc1cc(OC=CC)cc(OC(C)OC=CC)c1.